The molecule has 3 aromatic rings. The average Bonchev–Trinajstić information content (AvgIpc) is 3.28. The first-order chi connectivity index (χ1) is 11.6. The second-order valence-corrected chi connectivity index (χ2v) is 5.61. The van der Waals surface area contributed by atoms with Crippen molar-refractivity contribution in [3.63, 3.8) is 0 Å². The summed E-state index contributed by atoms with van der Waals surface area (Å²) in [5.41, 5.74) is 7.84. The van der Waals surface area contributed by atoms with Gasteiger partial charge in [-0.05, 0) is 6.07 Å². The van der Waals surface area contributed by atoms with Crippen LogP contribution in [0.1, 0.15) is 6.23 Å². The van der Waals surface area contributed by atoms with Crippen LogP contribution in [0.25, 0.3) is 22.3 Å². The highest BCUT2D eigenvalue weighted by atomic mass is 16.6. The predicted octanol–water partition coefficient (Wildman–Crippen LogP) is -0.985. The van der Waals surface area contributed by atoms with Gasteiger partial charge in [0, 0.05) is 18.0 Å². The van der Waals surface area contributed by atoms with Gasteiger partial charge < -0.3 is 30.4 Å². The van der Waals surface area contributed by atoms with Gasteiger partial charge in [-0.15, -0.1) is 0 Å². The Morgan fingerprint density at radius 1 is 1.29 bits per heavy atom. The molecule has 2 unspecified atom stereocenters. The number of aliphatic hydroxyl groups excluding tert-OH is 3. The number of hydrogen-bond acceptors (Lipinski definition) is 8. The number of anilines is 1. The summed E-state index contributed by atoms with van der Waals surface area (Å²) in [5.74, 6) is 0.273. The molecule has 0 spiro atoms. The van der Waals surface area contributed by atoms with Gasteiger partial charge in [-0.3, -0.25) is 5.10 Å². The molecule has 24 heavy (non-hydrogen) atoms. The maximum absolute atomic E-state index is 10.3. The van der Waals surface area contributed by atoms with E-state index < -0.39 is 31.1 Å². The van der Waals surface area contributed by atoms with Gasteiger partial charge in [-0.2, -0.15) is 5.10 Å². The van der Waals surface area contributed by atoms with Crippen LogP contribution in [0.2, 0.25) is 0 Å². The second-order valence-electron chi connectivity index (χ2n) is 5.61. The van der Waals surface area contributed by atoms with E-state index in [0.29, 0.717) is 22.3 Å². The highest BCUT2D eigenvalue weighted by molar-refractivity contribution is 5.99. The van der Waals surface area contributed by atoms with Crippen molar-refractivity contribution in [3.05, 3.63) is 24.8 Å². The summed E-state index contributed by atoms with van der Waals surface area (Å²) in [4.78, 5) is 8.24. The lowest BCUT2D eigenvalue weighted by Gasteiger charge is -2.17. The van der Waals surface area contributed by atoms with Gasteiger partial charge in [0.1, 0.15) is 36.1 Å². The van der Waals surface area contributed by atoms with Crippen molar-refractivity contribution in [2.75, 3.05) is 12.3 Å². The molecule has 0 amide bonds. The maximum Gasteiger partial charge on any atom is 0.164 e. The standard InChI is InChI=1S/C14H16N6O4/c15-12-9-6(7-1-2-18-19-7)3-20(13(9)17-5-16-12)14-11(23)10(22)8(4-21)24-14/h1-3,5,8,10-11,14,21-23H,4H2,(H,18,19)(H2,15,16,17)/t8-,10?,11?,14-/m1/s1. The highest BCUT2D eigenvalue weighted by Gasteiger charge is 2.44. The Hall–Kier alpha value is -2.53. The van der Waals surface area contributed by atoms with Gasteiger partial charge in [-0.25, -0.2) is 9.97 Å². The monoisotopic (exact) mass is 332 g/mol. The quantitative estimate of drug-likeness (QED) is 0.409. The van der Waals surface area contributed by atoms with Gasteiger partial charge in [0.05, 0.1) is 17.7 Å². The van der Waals surface area contributed by atoms with Crippen molar-refractivity contribution >= 4 is 16.9 Å². The first-order valence-corrected chi connectivity index (χ1v) is 7.35. The van der Waals surface area contributed by atoms with Gasteiger partial charge >= 0.3 is 0 Å². The lowest BCUT2D eigenvalue weighted by atomic mass is 10.1. The van der Waals surface area contributed by atoms with Gasteiger partial charge in [0.25, 0.3) is 0 Å². The molecule has 3 aromatic heterocycles. The summed E-state index contributed by atoms with van der Waals surface area (Å²) in [6, 6.07) is 1.77. The molecule has 0 saturated carbocycles. The fourth-order valence-corrected chi connectivity index (χ4v) is 3.02. The Morgan fingerprint density at radius 2 is 2.12 bits per heavy atom. The van der Waals surface area contributed by atoms with Crippen LogP contribution >= 0.6 is 0 Å². The van der Waals surface area contributed by atoms with E-state index in [2.05, 4.69) is 20.2 Å². The molecule has 1 aliphatic rings. The van der Waals surface area contributed by atoms with E-state index in [1.807, 2.05) is 0 Å². The molecule has 4 heterocycles. The van der Waals surface area contributed by atoms with Crippen LogP contribution in [0.5, 0.6) is 0 Å². The van der Waals surface area contributed by atoms with Crippen molar-refractivity contribution < 1.29 is 20.1 Å². The van der Waals surface area contributed by atoms with Crippen molar-refractivity contribution in [1.82, 2.24) is 24.7 Å². The molecular formula is C14H16N6O4. The molecule has 0 aromatic carbocycles. The molecule has 10 heteroatoms. The van der Waals surface area contributed by atoms with Gasteiger partial charge in [-0.1, -0.05) is 0 Å². The van der Waals surface area contributed by atoms with E-state index in [4.69, 9.17) is 10.5 Å². The van der Waals surface area contributed by atoms with Crippen LogP contribution in [0.15, 0.2) is 24.8 Å². The number of nitrogens with one attached hydrogen (secondary N) is 1. The fraction of sp³-hybridized carbons (Fsp3) is 0.357. The summed E-state index contributed by atoms with van der Waals surface area (Å²) in [5, 5.41) is 36.9. The van der Waals surface area contributed by atoms with E-state index in [0.717, 1.165) is 0 Å². The Balaban J connectivity index is 1.90. The number of aromatic amines is 1. The lowest BCUT2D eigenvalue weighted by Crippen LogP contribution is -2.33. The maximum atomic E-state index is 10.3. The molecule has 6 N–H and O–H groups in total. The second kappa shape index (κ2) is 5.53. The predicted molar refractivity (Wildman–Crippen MR) is 82.5 cm³/mol. The van der Waals surface area contributed by atoms with Crippen molar-refractivity contribution in [3.8, 4) is 11.3 Å². The number of H-pyrrole nitrogens is 1. The summed E-state index contributed by atoms with van der Waals surface area (Å²) in [7, 11) is 0. The van der Waals surface area contributed by atoms with Crippen molar-refractivity contribution in [1.29, 1.82) is 0 Å². The Labute approximate surface area is 135 Å². The SMILES string of the molecule is Nc1ncnc2c1c(-c1ccn[nH]1)cn2[C@@H]1O[C@H](CO)C(O)C1O. The van der Waals surface area contributed by atoms with E-state index >= 15 is 0 Å². The Morgan fingerprint density at radius 3 is 2.79 bits per heavy atom. The molecule has 4 rings (SSSR count). The van der Waals surface area contributed by atoms with E-state index in [1.54, 1.807) is 23.0 Å². The smallest absolute Gasteiger partial charge is 0.164 e. The number of nitrogens with zero attached hydrogens (tertiary/aromatic N) is 4. The fourth-order valence-electron chi connectivity index (χ4n) is 3.02. The lowest BCUT2D eigenvalue weighted by molar-refractivity contribution is -0.0508. The largest absolute Gasteiger partial charge is 0.394 e. The number of aromatic nitrogens is 5. The van der Waals surface area contributed by atoms with E-state index in [-0.39, 0.29) is 5.82 Å². The first-order valence-electron chi connectivity index (χ1n) is 7.35. The number of fused-ring (bicyclic) bond motifs is 1. The zero-order valence-electron chi connectivity index (χ0n) is 12.4. The molecule has 1 saturated heterocycles. The molecule has 1 fully saturated rings. The van der Waals surface area contributed by atoms with Crippen LogP contribution in [0, 0.1) is 0 Å². The summed E-state index contributed by atoms with van der Waals surface area (Å²) < 4.78 is 7.16. The summed E-state index contributed by atoms with van der Waals surface area (Å²) in [6.45, 7) is -0.404. The zero-order chi connectivity index (χ0) is 16.8. The van der Waals surface area contributed by atoms with Crippen LogP contribution in [-0.2, 0) is 4.74 Å². The molecule has 10 nitrogen and oxygen atoms in total. The number of aliphatic hydroxyl groups is 3. The topological polar surface area (TPSA) is 155 Å². The number of nitrogens with two attached hydrogens (primary N) is 1. The van der Waals surface area contributed by atoms with Gasteiger partial charge in [0.2, 0.25) is 0 Å². The third-order valence-electron chi connectivity index (χ3n) is 4.22. The minimum Gasteiger partial charge on any atom is -0.394 e. The highest BCUT2D eigenvalue weighted by Crippen LogP contribution is 2.37. The van der Waals surface area contributed by atoms with Crippen LogP contribution in [-0.4, -0.2) is 65.0 Å². The molecule has 1 aliphatic heterocycles. The summed E-state index contributed by atoms with van der Waals surface area (Å²) >= 11 is 0. The van der Waals surface area contributed by atoms with Gasteiger partial charge in [0.15, 0.2) is 6.23 Å². The van der Waals surface area contributed by atoms with Crippen LogP contribution < -0.4 is 5.73 Å². The van der Waals surface area contributed by atoms with Crippen LogP contribution in [0.4, 0.5) is 5.82 Å². The number of nitrogen functional groups attached to an aromatic ring is 1. The molecule has 4 atom stereocenters. The molecule has 0 aliphatic carbocycles. The van der Waals surface area contributed by atoms with E-state index in [1.165, 1.54) is 6.33 Å². The van der Waals surface area contributed by atoms with Crippen molar-refractivity contribution in [2.24, 2.45) is 0 Å². The summed E-state index contributed by atoms with van der Waals surface area (Å²) in [6.07, 6.45) is 0.402. The molecular weight excluding hydrogens is 316 g/mol. The number of rotatable bonds is 3. The Kier molecular flexibility index (Phi) is 3.46. The third-order valence-corrected chi connectivity index (χ3v) is 4.22. The molecule has 0 radical (unpaired) electrons. The van der Waals surface area contributed by atoms with Crippen molar-refractivity contribution in [2.45, 2.75) is 24.5 Å². The molecule has 126 valence electrons. The normalized spacial score (nSPS) is 27.1. The minimum absolute atomic E-state index is 0.273. The molecule has 0 bridgehead atoms. The van der Waals surface area contributed by atoms with E-state index in [9.17, 15) is 15.3 Å². The minimum atomic E-state index is -1.22. The number of ether oxygens (including phenoxy) is 1. The van der Waals surface area contributed by atoms with Crippen LogP contribution in [0.3, 0.4) is 0 Å². The first kappa shape index (κ1) is 15.0. The zero-order valence-corrected chi connectivity index (χ0v) is 12.4. The average molecular weight is 332 g/mol. The number of hydrogen-bond donors (Lipinski definition) is 5. The Bertz CT molecular complexity index is 864. The third kappa shape index (κ3) is 2.08.